The minimum Gasteiger partial charge on any atom is -0.497 e. The summed E-state index contributed by atoms with van der Waals surface area (Å²) in [5, 5.41) is 0. The van der Waals surface area contributed by atoms with Gasteiger partial charge in [-0.1, -0.05) is 28.5 Å². The monoisotopic (exact) mass is 236 g/mol. The first-order valence-corrected chi connectivity index (χ1v) is 7.20. The largest absolute Gasteiger partial charge is 0.497 e. The summed E-state index contributed by atoms with van der Waals surface area (Å²) in [6, 6.07) is 5.92. The standard InChI is InChI=1S/C9H11Cl2OP/c1-7-5-9(12-2)4-3-8(7)6-13(10)11/h3-5H,6H2,1-2H3. The number of methoxy groups -OCH3 is 1. The Hall–Kier alpha value is 0.0300. The molecule has 1 nitrogen and oxygen atoms in total. The van der Waals surface area contributed by atoms with Gasteiger partial charge in [-0.3, -0.25) is 0 Å². The van der Waals surface area contributed by atoms with Crippen molar-refractivity contribution < 1.29 is 4.74 Å². The van der Waals surface area contributed by atoms with E-state index < -0.39 is 6.63 Å². The van der Waals surface area contributed by atoms with Gasteiger partial charge in [0, 0.05) is 6.16 Å². The van der Waals surface area contributed by atoms with Crippen molar-refractivity contribution in [3.63, 3.8) is 0 Å². The lowest BCUT2D eigenvalue weighted by Gasteiger charge is -2.07. The number of rotatable bonds is 3. The molecule has 72 valence electrons. The molecule has 0 unspecified atom stereocenters. The number of halogens is 2. The number of ether oxygens (including phenoxy) is 1. The summed E-state index contributed by atoms with van der Waals surface area (Å²) in [6.07, 6.45) is 0.744. The summed E-state index contributed by atoms with van der Waals surface area (Å²) in [4.78, 5) is 0. The lowest BCUT2D eigenvalue weighted by atomic mass is 10.1. The topological polar surface area (TPSA) is 9.23 Å². The van der Waals surface area contributed by atoms with Gasteiger partial charge in [0.05, 0.1) is 13.7 Å². The van der Waals surface area contributed by atoms with E-state index in [1.165, 1.54) is 11.1 Å². The zero-order valence-corrected chi connectivity index (χ0v) is 9.96. The van der Waals surface area contributed by atoms with Crippen LogP contribution < -0.4 is 4.74 Å². The molecule has 0 radical (unpaired) electrons. The Balaban J connectivity index is 2.85. The number of benzene rings is 1. The highest BCUT2D eigenvalue weighted by molar-refractivity contribution is 8.03. The third kappa shape index (κ3) is 3.34. The summed E-state index contributed by atoms with van der Waals surface area (Å²) in [7, 11) is 1.66. The van der Waals surface area contributed by atoms with E-state index in [-0.39, 0.29) is 0 Å². The molecule has 1 aromatic rings. The highest BCUT2D eigenvalue weighted by Crippen LogP contribution is 2.50. The zero-order valence-electron chi connectivity index (χ0n) is 7.55. The first-order chi connectivity index (χ1) is 6.13. The molecule has 0 N–H and O–H groups in total. The third-order valence-corrected chi connectivity index (χ3v) is 3.14. The minimum atomic E-state index is -0.903. The molecule has 0 amide bonds. The molecule has 0 aliphatic rings. The molecule has 1 rings (SSSR count). The van der Waals surface area contributed by atoms with Crippen LogP contribution in [0.1, 0.15) is 11.1 Å². The Morgan fingerprint density at radius 2 is 2.08 bits per heavy atom. The van der Waals surface area contributed by atoms with Crippen LogP contribution in [0.4, 0.5) is 0 Å². The predicted molar refractivity (Wildman–Crippen MR) is 60.1 cm³/mol. The van der Waals surface area contributed by atoms with Crippen LogP contribution in [0.25, 0.3) is 0 Å². The maximum absolute atomic E-state index is 5.76. The fourth-order valence-electron chi connectivity index (χ4n) is 1.10. The summed E-state index contributed by atoms with van der Waals surface area (Å²) in [5.74, 6) is 0.870. The van der Waals surface area contributed by atoms with E-state index in [0.717, 1.165) is 11.9 Å². The van der Waals surface area contributed by atoms with Crippen molar-refractivity contribution in [3.05, 3.63) is 29.3 Å². The Morgan fingerprint density at radius 3 is 2.54 bits per heavy atom. The van der Waals surface area contributed by atoms with E-state index >= 15 is 0 Å². The van der Waals surface area contributed by atoms with Gasteiger partial charge in [-0.25, -0.2) is 0 Å². The second kappa shape index (κ2) is 5.05. The fraction of sp³-hybridized carbons (Fsp3) is 0.333. The van der Waals surface area contributed by atoms with Gasteiger partial charge in [0.2, 0.25) is 0 Å². The van der Waals surface area contributed by atoms with E-state index in [1.54, 1.807) is 7.11 Å². The van der Waals surface area contributed by atoms with Crippen LogP contribution >= 0.6 is 29.1 Å². The average Bonchev–Trinajstić information content (AvgIpc) is 2.08. The van der Waals surface area contributed by atoms with Crippen molar-refractivity contribution in [2.75, 3.05) is 7.11 Å². The van der Waals surface area contributed by atoms with Crippen LogP contribution in [0.15, 0.2) is 18.2 Å². The molecule has 0 bridgehead atoms. The smallest absolute Gasteiger partial charge is 0.119 e. The molecule has 0 heterocycles. The van der Waals surface area contributed by atoms with Crippen molar-refractivity contribution >= 4 is 29.1 Å². The molecule has 0 aromatic heterocycles. The van der Waals surface area contributed by atoms with E-state index in [1.807, 2.05) is 25.1 Å². The molecule has 0 saturated carbocycles. The molecule has 0 atom stereocenters. The SMILES string of the molecule is COc1ccc(CP(Cl)Cl)c(C)c1. The van der Waals surface area contributed by atoms with Crippen LogP contribution in [-0.4, -0.2) is 7.11 Å². The van der Waals surface area contributed by atoms with Gasteiger partial charge in [0.25, 0.3) is 0 Å². The lowest BCUT2D eigenvalue weighted by molar-refractivity contribution is 0.414. The van der Waals surface area contributed by atoms with Crippen molar-refractivity contribution in [1.29, 1.82) is 0 Å². The van der Waals surface area contributed by atoms with Crippen molar-refractivity contribution in [1.82, 2.24) is 0 Å². The second-order valence-electron chi connectivity index (χ2n) is 2.75. The summed E-state index contributed by atoms with van der Waals surface area (Å²) >= 11 is 11.5. The number of hydrogen-bond acceptors (Lipinski definition) is 1. The van der Waals surface area contributed by atoms with Crippen LogP contribution in [0, 0.1) is 6.92 Å². The highest BCUT2D eigenvalue weighted by atomic mass is 35.9. The Bertz CT molecular complexity index is 289. The van der Waals surface area contributed by atoms with E-state index in [4.69, 9.17) is 27.2 Å². The van der Waals surface area contributed by atoms with E-state index in [0.29, 0.717) is 0 Å². The molecule has 0 aliphatic heterocycles. The normalized spacial score (nSPS) is 10.5. The third-order valence-electron chi connectivity index (χ3n) is 1.84. The maximum Gasteiger partial charge on any atom is 0.119 e. The molecule has 1 aromatic carbocycles. The highest BCUT2D eigenvalue weighted by Gasteiger charge is 2.05. The maximum atomic E-state index is 5.76. The predicted octanol–water partition coefficient (Wildman–Crippen LogP) is 4.29. The molecule has 0 spiro atoms. The van der Waals surface area contributed by atoms with E-state index in [2.05, 4.69) is 0 Å². The Labute approximate surface area is 89.3 Å². The number of hydrogen-bond donors (Lipinski definition) is 0. The van der Waals surface area contributed by atoms with Crippen LogP contribution in [0.5, 0.6) is 5.75 Å². The van der Waals surface area contributed by atoms with Crippen LogP contribution in [0.3, 0.4) is 0 Å². The molecule has 4 heteroatoms. The van der Waals surface area contributed by atoms with Gasteiger partial charge in [0.15, 0.2) is 0 Å². The average molecular weight is 237 g/mol. The van der Waals surface area contributed by atoms with Crippen molar-refractivity contribution in [2.45, 2.75) is 13.1 Å². The molecule has 13 heavy (non-hydrogen) atoms. The molecular weight excluding hydrogens is 226 g/mol. The number of aryl methyl sites for hydroxylation is 1. The van der Waals surface area contributed by atoms with Gasteiger partial charge in [-0.2, -0.15) is 0 Å². The van der Waals surface area contributed by atoms with Crippen LogP contribution in [-0.2, 0) is 6.16 Å². The van der Waals surface area contributed by atoms with E-state index in [9.17, 15) is 0 Å². The zero-order chi connectivity index (χ0) is 9.84. The quantitative estimate of drug-likeness (QED) is 0.712. The minimum absolute atomic E-state index is 0.744. The molecule has 0 saturated heterocycles. The van der Waals surface area contributed by atoms with Crippen LogP contribution in [0.2, 0.25) is 0 Å². The van der Waals surface area contributed by atoms with Gasteiger partial charge in [-0.15, -0.1) is 0 Å². The Morgan fingerprint density at radius 1 is 1.38 bits per heavy atom. The lowest BCUT2D eigenvalue weighted by Crippen LogP contribution is -1.88. The van der Waals surface area contributed by atoms with Gasteiger partial charge in [0.1, 0.15) is 5.75 Å². The first-order valence-electron chi connectivity index (χ1n) is 3.86. The van der Waals surface area contributed by atoms with Crippen molar-refractivity contribution in [3.8, 4) is 5.75 Å². The molecule has 0 fully saturated rings. The second-order valence-corrected chi connectivity index (χ2v) is 6.64. The summed E-state index contributed by atoms with van der Waals surface area (Å²) in [6.45, 7) is 1.13. The van der Waals surface area contributed by atoms with Gasteiger partial charge < -0.3 is 4.74 Å². The fourth-order valence-corrected chi connectivity index (χ4v) is 2.49. The summed E-state index contributed by atoms with van der Waals surface area (Å²) < 4.78 is 5.09. The summed E-state index contributed by atoms with van der Waals surface area (Å²) in [5.41, 5.74) is 2.37. The van der Waals surface area contributed by atoms with Gasteiger partial charge >= 0.3 is 0 Å². The van der Waals surface area contributed by atoms with Gasteiger partial charge in [-0.05, 0) is 30.2 Å². The first kappa shape index (κ1) is 11.1. The van der Waals surface area contributed by atoms with Crippen molar-refractivity contribution in [2.24, 2.45) is 0 Å². The molecular formula is C9H11Cl2OP. The molecule has 0 aliphatic carbocycles. The Kier molecular flexibility index (Phi) is 4.31.